The molecule has 2 N–H and O–H groups in total. The van der Waals surface area contributed by atoms with Crippen molar-refractivity contribution in [1.82, 2.24) is 5.32 Å². The number of benzene rings is 1. The minimum absolute atomic E-state index is 0.281. The van der Waals surface area contributed by atoms with Crippen LogP contribution in [-0.2, 0) is 6.42 Å². The van der Waals surface area contributed by atoms with Gasteiger partial charge in [-0.15, -0.1) is 0 Å². The summed E-state index contributed by atoms with van der Waals surface area (Å²) in [4.78, 5) is 0. The molecule has 17 heavy (non-hydrogen) atoms. The molecular formula is C13H18FNO2. The largest absolute Gasteiger partial charge is 0.502 e. The maximum atomic E-state index is 13.2. The first-order valence-corrected chi connectivity index (χ1v) is 5.97. The maximum Gasteiger partial charge on any atom is 0.194 e. The molecule has 1 aromatic carbocycles. The van der Waals surface area contributed by atoms with Gasteiger partial charge in [-0.05, 0) is 49.9 Å². The summed E-state index contributed by atoms with van der Waals surface area (Å²) in [5, 5.41) is 12.9. The van der Waals surface area contributed by atoms with Gasteiger partial charge in [0, 0.05) is 0 Å². The highest BCUT2D eigenvalue weighted by molar-refractivity contribution is 5.46. The summed E-state index contributed by atoms with van der Waals surface area (Å²) in [5.74, 6) is -0.145. The monoisotopic (exact) mass is 239 g/mol. The molecule has 94 valence electrons. The van der Waals surface area contributed by atoms with Crippen molar-refractivity contribution >= 4 is 0 Å². The van der Waals surface area contributed by atoms with Crippen molar-refractivity contribution in [2.24, 2.45) is 5.92 Å². The number of phenols is 1. The molecule has 0 radical (unpaired) electrons. The van der Waals surface area contributed by atoms with Crippen LogP contribution in [0.15, 0.2) is 12.1 Å². The third kappa shape index (κ3) is 2.69. The van der Waals surface area contributed by atoms with Crippen LogP contribution in [0.5, 0.6) is 11.5 Å². The Morgan fingerprint density at radius 3 is 2.76 bits per heavy atom. The fourth-order valence-corrected chi connectivity index (χ4v) is 2.37. The van der Waals surface area contributed by atoms with Gasteiger partial charge in [-0.3, -0.25) is 0 Å². The molecule has 1 aliphatic heterocycles. The zero-order chi connectivity index (χ0) is 12.3. The average Bonchev–Trinajstić information content (AvgIpc) is 2.36. The van der Waals surface area contributed by atoms with Crippen molar-refractivity contribution in [2.75, 3.05) is 20.2 Å². The molecule has 1 saturated heterocycles. The Labute approximate surface area is 101 Å². The molecule has 1 fully saturated rings. The number of aromatic hydroxyl groups is 1. The van der Waals surface area contributed by atoms with Crippen molar-refractivity contribution in [3.05, 3.63) is 23.5 Å². The zero-order valence-electron chi connectivity index (χ0n) is 10.0. The predicted molar refractivity (Wildman–Crippen MR) is 63.9 cm³/mol. The number of hydrogen-bond donors (Lipinski definition) is 2. The second-order valence-electron chi connectivity index (χ2n) is 4.49. The molecule has 4 heteroatoms. The van der Waals surface area contributed by atoms with Crippen LogP contribution in [-0.4, -0.2) is 25.3 Å². The number of methoxy groups -OCH3 is 1. The summed E-state index contributed by atoms with van der Waals surface area (Å²) in [6.45, 7) is 2.06. The second kappa shape index (κ2) is 5.36. The highest BCUT2D eigenvalue weighted by Crippen LogP contribution is 2.34. The molecule has 0 bridgehead atoms. The Morgan fingerprint density at radius 1 is 1.41 bits per heavy atom. The van der Waals surface area contributed by atoms with Crippen LogP contribution in [0.25, 0.3) is 0 Å². The standard InChI is InChI=1S/C13H18FNO2/c1-17-13-10(2-3-11(14)12(13)16)8-9-4-6-15-7-5-9/h2-3,9,15-16H,4-8H2,1H3. The Bertz CT molecular complexity index is 389. The fraction of sp³-hybridized carbons (Fsp3) is 0.538. The van der Waals surface area contributed by atoms with Gasteiger partial charge in [-0.2, -0.15) is 0 Å². The van der Waals surface area contributed by atoms with E-state index >= 15 is 0 Å². The van der Waals surface area contributed by atoms with Crippen molar-refractivity contribution in [2.45, 2.75) is 19.3 Å². The lowest BCUT2D eigenvalue weighted by atomic mass is 9.90. The highest BCUT2D eigenvalue weighted by atomic mass is 19.1. The van der Waals surface area contributed by atoms with Crippen molar-refractivity contribution in [1.29, 1.82) is 0 Å². The first-order chi connectivity index (χ1) is 8.22. The second-order valence-corrected chi connectivity index (χ2v) is 4.49. The van der Waals surface area contributed by atoms with Gasteiger partial charge in [-0.25, -0.2) is 4.39 Å². The van der Waals surface area contributed by atoms with Gasteiger partial charge in [0.15, 0.2) is 17.3 Å². The van der Waals surface area contributed by atoms with E-state index in [9.17, 15) is 9.50 Å². The molecule has 0 unspecified atom stereocenters. The van der Waals surface area contributed by atoms with Crippen LogP contribution < -0.4 is 10.1 Å². The van der Waals surface area contributed by atoms with E-state index in [2.05, 4.69) is 5.32 Å². The lowest BCUT2D eigenvalue weighted by molar-refractivity contribution is 0.339. The van der Waals surface area contributed by atoms with Crippen LogP contribution in [0.1, 0.15) is 18.4 Å². The SMILES string of the molecule is COc1c(CC2CCNCC2)ccc(F)c1O. The predicted octanol–water partition coefficient (Wildman–Crippen LogP) is 2.08. The van der Waals surface area contributed by atoms with Gasteiger partial charge in [0.05, 0.1) is 7.11 Å². The van der Waals surface area contributed by atoms with Crippen LogP contribution >= 0.6 is 0 Å². The van der Waals surface area contributed by atoms with E-state index < -0.39 is 5.82 Å². The normalized spacial score (nSPS) is 17.1. The van der Waals surface area contributed by atoms with Crippen molar-refractivity contribution in [3.8, 4) is 11.5 Å². The van der Waals surface area contributed by atoms with Crippen molar-refractivity contribution in [3.63, 3.8) is 0 Å². The molecule has 3 nitrogen and oxygen atoms in total. The summed E-state index contributed by atoms with van der Waals surface area (Å²) in [7, 11) is 1.46. The van der Waals surface area contributed by atoms with Gasteiger partial charge in [-0.1, -0.05) is 6.07 Å². The highest BCUT2D eigenvalue weighted by Gasteiger charge is 2.18. The third-order valence-electron chi connectivity index (χ3n) is 3.34. The topological polar surface area (TPSA) is 41.5 Å². The average molecular weight is 239 g/mol. The summed E-state index contributed by atoms with van der Waals surface area (Å²) in [5.41, 5.74) is 0.887. The number of halogens is 1. The number of ether oxygens (including phenoxy) is 1. The van der Waals surface area contributed by atoms with Gasteiger partial charge in [0.25, 0.3) is 0 Å². The van der Waals surface area contributed by atoms with E-state index in [0.29, 0.717) is 5.92 Å². The minimum atomic E-state index is -0.629. The first-order valence-electron chi connectivity index (χ1n) is 5.97. The third-order valence-corrected chi connectivity index (χ3v) is 3.34. The number of rotatable bonds is 3. The molecule has 0 atom stereocenters. The number of piperidine rings is 1. The molecular weight excluding hydrogens is 221 g/mol. The van der Waals surface area contributed by atoms with Gasteiger partial charge in [0.2, 0.25) is 0 Å². The quantitative estimate of drug-likeness (QED) is 0.848. The summed E-state index contributed by atoms with van der Waals surface area (Å²) < 4.78 is 18.3. The molecule has 1 aliphatic rings. The summed E-state index contributed by atoms with van der Waals surface area (Å²) >= 11 is 0. The van der Waals surface area contributed by atoms with Crippen LogP contribution in [0.3, 0.4) is 0 Å². The van der Waals surface area contributed by atoms with E-state index in [-0.39, 0.29) is 11.5 Å². The lowest BCUT2D eigenvalue weighted by Crippen LogP contribution is -2.28. The van der Waals surface area contributed by atoms with E-state index in [1.54, 1.807) is 6.07 Å². The number of nitrogens with one attached hydrogen (secondary N) is 1. The van der Waals surface area contributed by atoms with Gasteiger partial charge in [0.1, 0.15) is 0 Å². The summed E-state index contributed by atoms with van der Waals surface area (Å²) in [6, 6.07) is 3.00. The Morgan fingerprint density at radius 2 is 2.12 bits per heavy atom. The van der Waals surface area contributed by atoms with Gasteiger partial charge >= 0.3 is 0 Å². The smallest absolute Gasteiger partial charge is 0.194 e. The van der Waals surface area contributed by atoms with Crippen LogP contribution in [0.4, 0.5) is 4.39 Å². The number of phenolic OH excluding ortho intramolecular Hbond substituents is 1. The molecule has 0 aliphatic carbocycles. The molecule has 2 rings (SSSR count). The molecule has 0 aromatic heterocycles. The molecule has 0 saturated carbocycles. The molecule has 0 spiro atoms. The van der Waals surface area contributed by atoms with E-state index in [1.165, 1.54) is 13.2 Å². The Kier molecular flexibility index (Phi) is 3.84. The minimum Gasteiger partial charge on any atom is -0.502 e. The Hall–Kier alpha value is -1.29. The lowest BCUT2D eigenvalue weighted by Gasteiger charge is -2.23. The van der Waals surface area contributed by atoms with Gasteiger partial charge < -0.3 is 15.2 Å². The zero-order valence-corrected chi connectivity index (χ0v) is 10.0. The van der Waals surface area contributed by atoms with E-state index in [1.807, 2.05) is 0 Å². The molecule has 0 amide bonds. The van der Waals surface area contributed by atoms with E-state index in [4.69, 9.17) is 4.74 Å². The first kappa shape index (κ1) is 12.2. The summed E-state index contributed by atoms with van der Waals surface area (Å²) in [6.07, 6.45) is 3.06. The van der Waals surface area contributed by atoms with Crippen molar-refractivity contribution < 1.29 is 14.2 Å². The van der Waals surface area contributed by atoms with E-state index in [0.717, 1.165) is 37.9 Å². The number of hydrogen-bond acceptors (Lipinski definition) is 3. The molecule has 1 aromatic rings. The maximum absolute atomic E-state index is 13.2. The Balaban J connectivity index is 2.17. The van der Waals surface area contributed by atoms with Crippen LogP contribution in [0, 0.1) is 11.7 Å². The fourth-order valence-electron chi connectivity index (χ4n) is 2.37. The molecule has 1 heterocycles. The van der Waals surface area contributed by atoms with Crippen LogP contribution in [0.2, 0.25) is 0 Å².